The second kappa shape index (κ2) is 11.1. The van der Waals surface area contributed by atoms with Crippen molar-refractivity contribution in [2.45, 2.75) is 32.5 Å². The first-order valence-corrected chi connectivity index (χ1v) is 12.3. The van der Waals surface area contributed by atoms with E-state index in [-0.39, 0.29) is 11.7 Å². The minimum atomic E-state index is -0.127. The molecule has 0 radical (unpaired) electrons. The fraction of sp³-hybridized carbons (Fsp3) is 0.222. The van der Waals surface area contributed by atoms with Gasteiger partial charge in [-0.05, 0) is 61.7 Å². The lowest BCUT2D eigenvalue weighted by Gasteiger charge is -2.15. The standard InChI is InChI=1S/C27H29N5O2S/c1-18-12-13-20(3)24(14-18)32-25(16-28-23-11-6-5-8-19(23)2)30-31-27(32)35-17-26(33)29-21-9-7-10-22(15-21)34-4/h5-15,28H,16-17H2,1-4H3,(H,29,33). The molecule has 1 aromatic heterocycles. The lowest BCUT2D eigenvalue weighted by molar-refractivity contribution is -0.113. The highest BCUT2D eigenvalue weighted by atomic mass is 32.2. The molecule has 180 valence electrons. The average molecular weight is 488 g/mol. The summed E-state index contributed by atoms with van der Waals surface area (Å²) in [6, 6.07) is 21.7. The minimum Gasteiger partial charge on any atom is -0.497 e. The van der Waals surface area contributed by atoms with E-state index in [2.05, 4.69) is 65.9 Å². The third-order valence-corrected chi connectivity index (χ3v) is 6.50. The quantitative estimate of drug-likeness (QED) is 0.302. The van der Waals surface area contributed by atoms with Gasteiger partial charge in [0.2, 0.25) is 5.91 Å². The van der Waals surface area contributed by atoms with Crippen LogP contribution < -0.4 is 15.4 Å². The Morgan fingerprint density at radius 3 is 2.60 bits per heavy atom. The van der Waals surface area contributed by atoms with Gasteiger partial charge in [0, 0.05) is 17.4 Å². The molecule has 0 saturated carbocycles. The van der Waals surface area contributed by atoms with Crippen LogP contribution in [0.5, 0.6) is 5.75 Å². The first-order valence-electron chi connectivity index (χ1n) is 11.3. The van der Waals surface area contributed by atoms with Crippen LogP contribution in [0.2, 0.25) is 0 Å². The Kier molecular flexibility index (Phi) is 7.72. The van der Waals surface area contributed by atoms with Gasteiger partial charge in [0.1, 0.15) is 5.75 Å². The molecule has 1 heterocycles. The monoisotopic (exact) mass is 487 g/mol. The maximum atomic E-state index is 12.7. The lowest BCUT2D eigenvalue weighted by atomic mass is 10.1. The van der Waals surface area contributed by atoms with Crippen LogP contribution in [0.25, 0.3) is 5.69 Å². The molecular formula is C27H29N5O2S. The third-order valence-electron chi connectivity index (χ3n) is 5.57. The summed E-state index contributed by atoms with van der Waals surface area (Å²) < 4.78 is 7.27. The highest BCUT2D eigenvalue weighted by Crippen LogP contribution is 2.26. The van der Waals surface area contributed by atoms with E-state index in [1.807, 2.05) is 41.0 Å². The average Bonchev–Trinajstić information content (AvgIpc) is 3.26. The fourth-order valence-electron chi connectivity index (χ4n) is 3.68. The summed E-state index contributed by atoms with van der Waals surface area (Å²) in [6.07, 6.45) is 0. The number of nitrogens with one attached hydrogen (secondary N) is 2. The molecule has 0 fully saturated rings. The molecule has 0 atom stereocenters. The zero-order valence-electron chi connectivity index (χ0n) is 20.3. The van der Waals surface area contributed by atoms with Crippen LogP contribution in [0, 0.1) is 20.8 Å². The van der Waals surface area contributed by atoms with Crippen LogP contribution in [0.15, 0.2) is 71.9 Å². The van der Waals surface area contributed by atoms with Gasteiger partial charge in [-0.25, -0.2) is 0 Å². The van der Waals surface area contributed by atoms with E-state index in [0.717, 1.165) is 33.9 Å². The molecule has 0 spiro atoms. The Morgan fingerprint density at radius 2 is 1.80 bits per heavy atom. The van der Waals surface area contributed by atoms with Gasteiger partial charge < -0.3 is 15.4 Å². The van der Waals surface area contributed by atoms with Crippen molar-refractivity contribution in [1.29, 1.82) is 0 Å². The molecule has 35 heavy (non-hydrogen) atoms. The van der Waals surface area contributed by atoms with Crippen LogP contribution in [0.3, 0.4) is 0 Å². The molecule has 0 saturated heterocycles. The predicted octanol–water partition coefficient (Wildman–Crippen LogP) is 5.54. The first kappa shape index (κ1) is 24.3. The number of rotatable bonds is 9. The van der Waals surface area contributed by atoms with Gasteiger partial charge in [0.15, 0.2) is 11.0 Å². The normalized spacial score (nSPS) is 10.7. The zero-order valence-corrected chi connectivity index (χ0v) is 21.1. The van der Waals surface area contributed by atoms with Crippen molar-refractivity contribution in [2.75, 3.05) is 23.5 Å². The summed E-state index contributed by atoms with van der Waals surface area (Å²) >= 11 is 1.36. The number of aromatic nitrogens is 3. The number of methoxy groups -OCH3 is 1. The molecule has 4 aromatic rings. The molecule has 0 aliphatic heterocycles. The lowest BCUT2D eigenvalue weighted by Crippen LogP contribution is -2.15. The Morgan fingerprint density at radius 1 is 0.971 bits per heavy atom. The van der Waals surface area contributed by atoms with E-state index < -0.39 is 0 Å². The van der Waals surface area contributed by atoms with Crippen molar-refractivity contribution in [1.82, 2.24) is 14.8 Å². The van der Waals surface area contributed by atoms with Gasteiger partial charge >= 0.3 is 0 Å². The summed E-state index contributed by atoms with van der Waals surface area (Å²) in [4.78, 5) is 12.7. The number of carbonyl (C=O) groups excluding carboxylic acids is 1. The van der Waals surface area contributed by atoms with Crippen molar-refractivity contribution < 1.29 is 9.53 Å². The Bertz CT molecular complexity index is 1330. The van der Waals surface area contributed by atoms with E-state index in [1.54, 1.807) is 13.2 Å². The van der Waals surface area contributed by atoms with Gasteiger partial charge in [-0.3, -0.25) is 9.36 Å². The second-order valence-corrected chi connectivity index (χ2v) is 9.20. The summed E-state index contributed by atoms with van der Waals surface area (Å²) in [5.41, 5.74) is 6.16. The minimum absolute atomic E-state index is 0.127. The van der Waals surface area contributed by atoms with Gasteiger partial charge in [-0.1, -0.05) is 48.2 Å². The highest BCUT2D eigenvalue weighted by molar-refractivity contribution is 7.99. The van der Waals surface area contributed by atoms with Gasteiger partial charge in [0.05, 0.1) is 25.1 Å². The maximum absolute atomic E-state index is 12.7. The van der Waals surface area contributed by atoms with Gasteiger partial charge in [-0.15, -0.1) is 10.2 Å². The number of ether oxygens (including phenoxy) is 1. The number of nitrogens with zero attached hydrogens (tertiary/aromatic N) is 3. The number of para-hydroxylation sites is 1. The van der Waals surface area contributed by atoms with Crippen molar-refractivity contribution in [2.24, 2.45) is 0 Å². The summed E-state index contributed by atoms with van der Waals surface area (Å²) in [6.45, 7) is 6.70. The van der Waals surface area contributed by atoms with Crippen LogP contribution >= 0.6 is 11.8 Å². The third kappa shape index (κ3) is 6.02. The molecule has 2 N–H and O–H groups in total. The number of amides is 1. The molecule has 0 aliphatic rings. The SMILES string of the molecule is COc1cccc(NC(=O)CSc2nnc(CNc3ccccc3C)n2-c2cc(C)ccc2C)c1. The topological polar surface area (TPSA) is 81.1 Å². The van der Waals surface area contributed by atoms with Gasteiger partial charge in [0.25, 0.3) is 0 Å². The number of aryl methyl sites for hydroxylation is 3. The number of benzene rings is 3. The smallest absolute Gasteiger partial charge is 0.234 e. The van der Waals surface area contributed by atoms with E-state index in [0.29, 0.717) is 23.1 Å². The number of thioether (sulfide) groups is 1. The van der Waals surface area contributed by atoms with Crippen LogP contribution in [-0.2, 0) is 11.3 Å². The molecule has 7 nitrogen and oxygen atoms in total. The van der Waals surface area contributed by atoms with E-state index >= 15 is 0 Å². The largest absolute Gasteiger partial charge is 0.497 e. The summed E-state index contributed by atoms with van der Waals surface area (Å²) in [5.74, 6) is 1.54. The zero-order chi connectivity index (χ0) is 24.8. The molecular weight excluding hydrogens is 458 g/mol. The molecule has 0 bridgehead atoms. The number of anilines is 2. The van der Waals surface area contributed by atoms with E-state index in [4.69, 9.17) is 4.74 Å². The van der Waals surface area contributed by atoms with Crippen LogP contribution in [-0.4, -0.2) is 33.5 Å². The summed E-state index contributed by atoms with van der Waals surface area (Å²) in [7, 11) is 1.60. The summed E-state index contributed by atoms with van der Waals surface area (Å²) in [5, 5.41) is 16.0. The Labute approximate surface area is 209 Å². The van der Waals surface area contributed by atoms with Gasteiger partial charge in [-0.2, -0.15) is 0 Å². The fourth-order valence-corrected chi connectivity index (χ4v) is 4.45. The molecule has 0 unspecified atom stereocenters. The predicted molar refractivity (Wildman–Crippen MR) is 142 cm³/mol. The van der Waals surface area contributed by atoms with Crippen LogP contribution in [0.4, 0.5) is 11.4 Å². The molecule has 0 aliphatic carbocycles. The molecule has 1 amide bonds. The van der Waals surface area contributed by atoms with Crippen molar-refractivity contribution >= 4 is 29.0 Å². The molecule has 4 rings (SSSR count). The maximum Gasteiger partial charge on any atom is 0.234 e. The number of hydrogen-bond acceptors (Lipinski definition) is 6. The molecule has 3 aromatic carbocycles. The number of carbonyl (C=O) groups is 1. The van der Waals surface area contributed by atoms with Crippen molar-refractivity contribution in [3.05, 3.63) is 89.2 Å². The van der Waals surface area contributed by atoms with E-state index in [1.165, 1.54) is 11.8 Å². The first-order chi connectivity index (χ1) is 16.9. The number of hydrogen-bond donors (Lipinski definition) is 2. The Hall–Kier alpha value is -3.78. The second-order valence-electron chi connectivity index (χ2n) is 8.26. The Balaban J connectivity index is 1.56. The van der Waals surface area contributed by atoms with Crippen molar-refractivity contribution in [3.63, 3.8) is 0 Å². The highest BCUT2D eigenvalue weighted by Gasteiger charge is 2.18. The van der Waals surface area contributed by atoms with Crippen LogP contribution in [0.1, 0.15) is 22.5 Å². The molecule has 8 heteroatoms. The van der Waals surface area contributed by atoms with Crippen molar-refractivity contribution in [3.8, 4) is 11.4 Å². The van der Waals surface area contributed by atoms with E-state index in [9.17, 15) is 4.79 Å².